The smallest absolute Gasteiger partial charge is 0.259 e. The molecule has 2 heterocycles. The van der Waals surface area contributed by atoms with Gasteiger partial charge < -0.3 is 4.98 Å². The molecule has 0 spiro atoms. The molecule has 3 aromatic rings. The van der Waals surface area contributed by atoms with E-state index in [0.29, 0.717) is 5.56 Å². The lowest BCUT2D eigenvalue weighted by molar-refractivity contribution is 0.608. The molecule has 0 saturated carbocycles. The van der Waals surface area contributed by atoms with Crippen molar-refractivity contribution in [3.63, 3.8) is 0 Å². The maximum absolute atomic E-state index is 14.4. The summed E-state index contributed by atoms with van der Waals surface area (Å²) in [6, 6.07) is 7.15. The molecule has 3 nitrogen and oxygen atoms in total. The van der Waals surface area contributed by atoms with Crippen LogP contribution in [0, 0.1) is 11.6 Å². The van der Waals surface area contributed by atoms with Gasteiger partial charge in [0.1, 0.15) is 11.6 Å². The first-order valence-corrected chi connectivity index (χ1v) is 5.59. The summed E-state index contributed by atoms with van der Waals surface area (Å²) in [4.78, 5) is 18.2. The first-order valence-electron chi connectivity index (χ1n) is 5.59. The van der Waals surface area contributed by atoms with Crippen LogP contribution in [0.15, 0.2) is 47.5 Å². The highest BCUT2D eigenvalue weighted by atomic mass is 19.1. The van der Waals surface area contributed by atoms with Crippen LogP contribution < -0.4 is 5.56 Å². The van der Waals surface area contributed by atoms with Crippen LogP contribution in [0.1, 0.15) is 0 Å². The lowest BCUT2D eigenvalue weighted by Gasteiger charge is -2.06. The zero-order valence-electron chi connectivity index (χ0n) is 9.65. The highest BCUT2D eigenvalue weighted by Gasteiger charge is 2.16. The Hall–Kier alpha value is -2.56. The molecule has 0 fully saturated rings. The molecule has 0 atom stereocenters. The molecule has 0 amide bonds. The molecule has 2 aromatic heterocycles. The van der Waals surface area contributed by atoms with Gasteiger partial charge in [0.05, 0.1) is 16.5 Å². The molecular formula is C14H8F2N2O. The van der Waals surface area contributed by atoms with E-state index < -0.39 is 17.2 Å². The molecule has 0 aliphatic heterocycles. The monoisotopic (exact) mass is 258 g/mol. The molecule has 0 radical (unpaired) electrons. The average Bonchev–Trinajstić information content (AvgIpc) is 2.39. The lowest BCUT2D eigenvalue weighted by atomic mass is 10.1. The zero-order chi connectivity index (χ0) is 13.4. The summed E-state index contributed by atoms with van der Waals surface area (Å²) >= 11 is 0. The summed E-state index contributed by atoms with van der Waals surface area (Å²) in [6.07, 6.45) is 2.87. The zero-order valence-corrected chi connectivity index (χ0v) is 9.65. The van der Waals surface area contributed by atoms with Crippen molar-refractivity contribution in [2.75, 3.05) is 0 Å². The summed E-state index contributed by atoms with van der Waals surface area (Å²) in [5.74, 6) is -1.58. The number of hydrogen-bond donors (Lipinski definition) is 1. The number of aromatic nitrogens is 2. The van der Waals surface area contributed by atoms with E-state index in [2.05, 4.69) is 9.97 Å². The van der Waals surface area contributed by atoms with Gasteiger partial charge in [-0.1, -0.05) is 12.1 Å². The fraction of sp³-hybridized carbons (Fsp3) is 0. The van der Waals surface area contributed by atoms with Crippen molar-refractivity contribution in [3.05, 3.63) is 64.7 Å². The van der Waals surface area contributed by atoms with Crippen molar-refractivity contribution in [2.24, 2.45) is 0 Å². The van der Waals surface area contributed by atoms with E-state index in [1.165, 1.54) is 24.5 Å². The van der Waals surface area contributed by atoms with Crippen LogP contribution >= 0.6 is 0 Å². The maximum atomic E-state index is 14.4. The molecule has 5 heteroatoms. The normalized spacial score (nSPS) is 10.8. The Labute approximate surface area is 106 Å². The van der Waals surface area contributed by atoms with Crippen molar-refractivity contribution in [2.45, 2.75) is 0 Å². The minimum Gasteiger partial charge on any atom is -0.321 e. The molecule has 0 aliphatic rings. The van der Waals surface area contributed by atoms with E-state index in [1.54, 1.807) is 12.1 Å². The molecule has 0 aliphatic carbocycles. The Morgan fingerprint density at radius 3 is 2.68 bits per heavy atom. The highest BCUT2D eigenvalue weighted by molar-refractivity contribution is 5.84. The molecule has 0 bridgehead atoms. The van der Waals surface area contributed by atoms with Crippen LogP contribution in [0.4, 0.5) is 8.78 Å². The molecular weight excluding hydrogens is 250 g/mol. The van der Waals surface area contributed by atoms with Crippen molar-refractivity contribution < 1.29 is 8.78 Å². The minimum absolute atomic E-state index is 0.134. The highest BCUT2D eigenvalue weighted by Crippen LogP contribution is 2.25. The number of benzene rings is 1. The second-order valence-corrected chi connectivity index (χ2v) is 4.05. The molecule has 0 saturated heterocycles. The number of halogens is 2. The van der Waals surface area contributed by atoms with Gasteiger partial charge in [0.25, 0.3) is 5.56 Å². The number of hydrogen-bond acceptors (Lipinski definition) is 2. The summed E-state index contributed by atoms with van der Waals surface area (Å²) in [7, 11) is 0. The van der Waals surface area contributed by atoms with Crippen molar-refractivity contribution in [1.29, 1.82) is 0 Å². The first kappa shape index (κ1) is 11.5. The summed E-state index contributed by atoms with van der Waals surface area (Å²) in [5, 5.41) is -0.221. The molecule has 1 aromatic carbocycles. The van der Waals surface area contributed by atoms with E-state index in [9.17, 15) is 13.6 Å². The summed E-state index contributed by atoms with van der Waals surface area (Å²) in [5.41, 5.74) is -0.365. The Morgan fingerprint density at radius 2 is 1.95 bits per heavy atom. The van der Waals surface area contributed by atoms with Crippen molar-refractivity contribution in [1.82, 2.24) is 9.97 Å². The minimum atomic E-state index is -0.871. The Balaban J connectivity index is 2.45. The second-order valence-electron chi connectivity index (χ2n) is 4.05. The third-order valence-electron chi connectivity index (χ3n) is 2.88. The predicted octanol–water partition coefficient (Wildman–Crippen LogP) is 2.87. The van der Waals surface area contributed by atoms with Crippen molar-refractivity contribution in [3.8, 4) is 11.1 Å². The fourth-order valence-corrected chi connectivity index (χ4v) is 2.03. The van der Waals surface area contributed by atoms with Crippen LogP contribution in [-0.2, 0) is 0 Å². The Morgan fingerprint density at radius 1 is 1.11 bits per heavy atom. The summed E-state index contributed by atoms with van der Waals surface area (Å²) < 4.78 is 28.1. The van der Waals surface area contributed by atoms with E-state index in [-0.39, 0.29) is 16.5 Å². The Bertz CT molecular complexity index is 813. The molecule has 3 rings (SSSR count). The van der Waals surface area contributed by atoms with Gasteiger partial charge in [0.15, 0.2) is 0 Å². The molecule has 94 valence electrons. The number of nitrogens with zero attached hydrogens (tertiary/aromatic N) is 1. The van der Waals surface area contributed by atoms with E-state index in [1.807, 2.05) is 0 Å². The first-order chi connectivity index (χ1) is 9.18. The van der Waals surface area contributed by atoms with E-state index in [0.717, 1.165) is 6.07 Å². The molecule has 19 heavy (non-hydrogen) atoms. The third-order valence-corrected chi connectivity index (χ3v) is 2.88. The number of aromatic amines is 1. The number of H-pyrrole nitrogens is 1. The van der Waals surface area contributed by atoms with Crippen LogP contribution in [0.2, 0.25) is 0 Å². The van der Waals surface area contributed by atoms with Gasteiger partial charge in [-0.15, -0.1) is 0 Å². The predicted molar refractivity (Wildman–Crippen MR) is 67.7 cm³/mol. The van der Waals surface area contributed by atoms with Crippen LogP contribution in [0.25, 0.3) is 22.0 Å². The van der Waals surface area contributed by atoms with Gasteiger partial charge in [-0.3, -0.25) is 9.78 Å². The molecule has 0 unspecified atom stereocenters. The number of pyridine rings is 2. The largest absolute Gasteiger partial charge is 0.321 e. The van der Waals surface area contributed by atoms with Crippen LogP contribution in [0.3, 0.4) is 0 Å². The third kappa shape index (κ3) is 1.79. The standard InChI is InChI=1S/C14H8F2N2O/c15-9-4-1-5-10-12(9)13(16)11(14(19)18-10)8-3-2-6-17-7-8/h1-7H,(H,18,19). The van der Waals surface area contributed by atoms with Gasteiger partial charge in [-0.05, 0) is 18.2 Å². The average molecular weight is 258 g/mol. The molecule has 1 N–H and O–H groups in total. The number of nitrogens with one attached hydrogen (secondary N) is 1. The Kier molecular flexibility index (Phi) is 2.59. The van der Waals surface area contributed by atoms with Gasteiger partial charge in [0, 0.05) is 18.0 Å². The quantitative estimate of drug-likeness (QED) is 0.729. The van der Waals surface area contributed by atoms with Crippen LogP contribution in [0.5, 0.6) is 0 Å². The van der Waals surface area contributed by atoms with Crippen LogP contribution in [-0.4, -0.2) is 9.97 Å². The van der Waals surface area contributed by atoms with Gasteiger partial charge >= 0.3 is 0 Å². The number of rotatable bonds is 1. The maximum Gasteiger partial charge on any atom is 0.259 e. The van der Waals surface area contributed by atoms with Gasteiger partial charge in [0.2, 0.25) is 0 Å². The van der Waals surface area contributed by atoms with Gasteiger partial charge in [-0.25, -0.2) is 8.78 Å². The van der Waals surface area contributed by atoms with Crippen molar-refractivity contribution >= 4 is 10.9 Å². The topological polar surface area (TPSA) is 45.8 Å². The number of fused-ring (bicyclic) bond motifs is 1. The second kappa shape index (κ2) is 4.28. The van der Waals surface area contributed by atoms with E-state index >= 15 is 0 Å². The van der Waals surface area contributed by atoms with E-state index in [4.69, 9.17) is 0 Å². The SMILES string of the molecule is O=c1[nH]c2cccc(F)c2c(F)c1-c1cccnc1. The fourth-order valence-electron chi connectivity index (χ4n) is 2.03. The van der Waals surface area contributed by atoms with Gasteiger partial charge in [-0.2, -0.15) is 0 Å². The summed E-state index contributed by atoms with van der Waals surface area (Å²) in [6.45, 7) is 0. The lowest BCUT2D eigenvalue weighted by Crippen LogP contribution is -2.12.